The topological polar surface area (TPSA) is 26.3 Å². The van der Waals surface area contributed by atoms with E-state index < -0.39 is 0 Å². The zero-order chi connectivity index (χ0) is 10.9. The molecule has 0 aliphatic carbocycles. The van der Waals surface area contributed by atoms with Crippen molar-refractivity contribution in [3.63, 3.8) is 0 Å². The van der Waals surface area contributed by atoms with Crippen LogP contribution >= 0.6 is 22.6 Å². The summed E-state index contributed by atoms with van der Waals surface area (Å²) in [5.41, 5.74) is 3.89. The number of esters is 1. The lowest BCUT2D eigenvalue weighted by Crippen LogP contribution is -2.08. The standard InChI is InChI=1S/C11H13IO2/c1-6-5-7(2)10(12)8(3)9(6)11(13)14-4/h5H,1-4H3. The predicted molar refractivity (Wildman–Crippen MR) is 64.7 cm³/mol. The fourth-order valence-corrected chi connectivity index (χ4v) is 2.00. The maximum atomic E-state index is 11.5. The van der Waals surface area contributed by atoms with Crippen molar-refractivity contribution >= 4 is 28.6 Å². The van der Waals surface area contributed by atoms with Gasteiger partial charge in [-0.15, -0.1) is 0 Å². The summed E-state index contributed by atoms with van der Waals surface area (Å²) in [6.07, 6.45) is 0. The number of halogens is 1. The fraction of sp³-hybridized carbons (Fsp3) is 0.364. The summed E-state index contributed by atoms with van der Waals surface area (Å²) in [5, 5.41) is 0. The maximum Gasteiger partial charge on any atom is 0.338 e. The van der Waals surface area contributed by atoms with E-state index in [4.69, 9.17) is 4.74 Å². The SMILES string of the molecule is COC(=O)c1c(C)cc(C)c(I)c1C. The molecule has 0 radical (unpaired) electrons. The van der Waals surface area contributed by atoms with Gasteiger partial charge in [-0.3, -0.25) is 0 Å². The van der Waals surface area contributed by atoms with Crippen LogP contribution in [0.25, 0.3) is 0 Å². The fourth-order valence-electron chi connectivity index (χ4n) is 1.58. The average molecular weight is 304 g/mol. The highest BCUT2D eigenvalue weighted by atomic mass is 127. The highest BCUT2D eigenvalue weighted by Gasteiger charge is 2.15. The van der Waals surface area contributed by atoms with Crippen LogP contribution in [0.2, 0.25) is 0 Å². The maximum absolute atomic E-state index is 11.5. The zero-order valence-corrected chi connectivity index (χ0v) is 10.9. The molecule has 0 fully saturated rings. The van der Waals surface area contributed by atoms with Gasteiger partial charge in [-0.25, -0.2) is 4.79 Å². The minimum Gasteiger partial charge on any atom is -0.465 e. The lowest BCUT2D eigenvalue weighted by Gasteiger charge is -2.11. The molecule has 0 bridgehead atoms. The second-order valence-corrected chi connectivity index (χ2v) is 4.39. The largest absolute Gasteiger partial charge is 0.465 e. The summed E-state index contributed by atoms with van der Waals surface area (Å²) in [7, 11) is 1.41. The molecule has 14 heavy (non-hydrogen) atoms. The molecular formula is C11H13IO2. The van der Waals surface area contributed by atoms with E-state index in [0.717, 1.165) is 14.7 Å². The normalized spacial score (nSPS) is 10.1. The molecule has 0 unspecified atom stereocenters. The number of rotatable bonds is 1. The number of carbonyl (C=O) groups excluding carboxylic acids is 1. The average Bonchev–Trinajstić information content (AvgIpc) is 2.14. The Kier molecular flexibility index (Phi) is 3.53. The van der Waals surface area contributed by atoms with Gasteiger partial charge in [0.1, 0.15) is 0 Å². The van der Waals surface area contributed by atoms with Crippen LogP contribution in [0.4, 0.5) is 0 Å². The Balaban J connectivity index is 3.44. The van der Waals surface area contributed by atoms with Crippen molar-refractivity contribution in [2.24, 2.45) is 0 Å². The van der Waals surface area contributed by atoms with Crippen molar-refractivity contribution in [1.29, 1.82) is 0 Å². The van der Waals surface area contributed by atoms with Gasteiger partial charge in [0.05, 0.1) is 12.7 Å². The third-order valence-corrected chi connectivity index (χ3v) is 3.93. The molecule has 1 aromatic rings. The van der Waals surface area contributed by atoms with Crippen LogP contribution < -0.4 is 0 Å². The Bertz CT molecular complexity index is 383. The molecule has 0 N–H and O–H groups in total. The molecule has 2 nitrogen and oxygen atoms in total. The van der Waals surface area contributed by atoms with Gasteiger partial charge in [0, 0.05) is 3.57 Å². The Hall–Kier alpha value is -0.580. The number of hydrogen-bond donors (Lipinski definition) is 0. The van der Waals surface area contributed by atoms with Crippen LogP contribution in [-0.2, 0) is 4.74 Å². The summed E-state index contributed by atoms with van der Waals surface area (Å²) >= 11 is 2.25. The molecule has 1 aromatic carbocycles. The summed E-state index contributed by atoms with van der Waals surface area (Å²) in [4.78, 5) is 11.5. The molecule has 0 aliphatic heterocycles. The lowest BCUT2D eigenvalue weighted by molar-refractivity contribution is 0.0599. The minimum atomic E-state index is -0.252. The summed E-state index contributed by atoms with van der Waals surface area (Å²) in [5.74, 6) is -0.252. The number of hydrogen-bond acceptors (Lipinski definition) is 2. The highest BCUT2D eigenvalue weighted by Crippen LogP contribution is 2.24. The Morgan fingerprint density at radius 1 is 1.29 bits per heavy atom. The predicted octanol–water partition coefficient (Wildman–Crippen LogP) is 3.00. The molecule has 1 rings (SSSR count). The number of carbonyl (C=O) groups is 1. The van der Waals surface area contributed by atoms with Crippen molar-refractivity contribution in [3.05, 3.63) is 31.9 Å². The van der Waals surface area contributed by atoms with E-state index in [1.165, 1.54) is 12.7 Å². The molecule has 0 heterocycles. The molecule has 0 atom stereocenters. The van der Waals surface area contributed by atoms with Crippen LogP contribution in [0.1, 0.15) is 27.0 Å². The first-order valence-corrected chi connectivity index (χ1v) is 5.41. The van der Waals surface area contributed by atoms with E-state index in [2.05, 4.69) is 22.6 Å². The van der Waals surface area contributed by atoms with Gasteiger partial charge in [-0.1, -0.05) is 6.07 Å². The van der Waals surface area contributed by atoms with Gasteiger partial charge in [0.2, 0.25) is 0 Å². The molecular weight excluding hydrogens is 291 g/mol. The van der Waals surface area contributed by atoms with Crippen molar-refractivity contribution < 1.29 is 9.53 Å². The third kappa shape index (κ3) is 1.92. The first-order valence-electron chi connectivity index (χ1n) is 4.33. The Labute approximate surface area is 97.8 Å². The molecule has 76 valence electrons. The van der Waals surface area contributed by atoms with Crippen LogP contribution in [-0.4, -0.2) is 13.1 Å². The van der Waals surface area contributed by atoms with Crippen LogP contribution in [0.5, 0.6) is 0 Å². The third-order valence-electron chi connectivity index (χ3n) is 2.27. The van der Waals surface area contributed by atoms with Gasteiger partial charge in [-0.05, 0) is 60.1 Å². The molecule has 3 heteroatoms. The number of methoxy groups -OCH3 is 1. The van der Waals surface area contributed by atoms with E-state index in [9.17, 15) is 4.79 Å². The van der Waals surface area contributed by atoms with Gasteiger partial charge >= 0.3 is 5.97 Å². The molecule has 0 spiro atoms. The Morgan fingerprint density at radius 3 is 2.36 bits per heavy atom. The first-order chi connectivity index (χ1) is 6.49. The monoisotopic (exact) mass is 304 g/mol. The minimum absolute atomic E-state index is 0.252. The molecule has 0 saturated carbocycles. The molecule has 0 aromatic heterocycles. The van der Waals surface area contributed by atoms with Crippen LogP contribution in [0, 0.1) is 24.3 Å². The van der Waals surface area contributed by atoms with Gasteiger partial charge in [0.15, 0.2) is 0 Å². The lowest BCUT2D eigenvalue weighted by atomic mass is 10.00. The van der Waals surface area contributed by atoms with Gasteiger partial charge in [0.25, 0.3) is 0 Å². The number of ether oxygens (including phenoxy) is 1. The van der Waals surface area contributed by atoms with E-state index >= 15 is 0 Å². The van der Waals surface area contributed by atoms with E-state index in [0.29, 0.717) is 5.56 Å². The van der Waals surface area contributed by atoms with Crippen molar-refractivity contribution in [3.8, 4) is 0 Å². The van der Waals surface area contributed by atoms with Crippen molar-refractivity contribution in [1.82, 2.24) is 0 Å². The van der Waals surface area contributed by atoms with Crippen molar-refractivity contribution in [2.45, 2.75) is 20.8 Å². The quantitative estimate of drug-likeness (QED) is 0.589. The number of benzene rings is 1. The smallest absolute Gasteiger partial charge is 0.338 e. The molecule has 0 saturated heterocycles. The van der Waals surface area contributed by atoms with E-state index in [1.807, 2.05) is 26.8 Å². The number of aryl methyl sites for hydroxylation is 2. The molecule has 0 aliphatic rings. The summed E-state index contributed by atoms with van der Waals surface area (Å²) in [6, 6.07) is 2.01. The van der Waals surface area contributed by atoms with Crippen LogP contribution in [0.15, 0.2) is 6.07 Å². The Morgan fingerprint density at radius 2 is 1.86 bits per heavy atom. The summed E-state index contributed by atoms with van der Waals surface area (Å²) in [6.45, 7) is 5.93. The van der Waals surface area contributed by atoms with Crippen molar-refractivity contribution in [2.75, 3.05) is 7.11 Å². The van der Waals surface area contributed by atoms with E-state index in [-0.39, 0.29) is 5.97 Å². The van der Waals surface area contributed by atoms with Gasteiger partial charge in [-0.2, -0.15) is 0 Å². The highest BCUT2D eigenvalue weighted by molar-refractivity contribution is 14.1. The zero-order valence-electron chi connectivity index (χ0n) is 8.77. The summed E-state index contributed by atoms with van der Waals surface area (Å²) < 4.78 is 5.88. The second-order valence-electron chi connectivity index (χ2n) is 3.32. The molecule has 0 amide bonds. The van der Waals surface area contributed by atoms with Gasteiger partial charge < -0.3 is 4.74 Å². The second kappa shape index (κ2) is 4.29. The van der Waals surface area contributed by atoms with Crippen LogP contribution in [0.3, 0.4) is 0 Å². The first kappa shape index (κ1) is 11.5. The van der Waals surface area contributed by atoms with E-state index in [1.54, 1.807) is 0 Å².